The topological polar surface area (TPSA) is 89.8 Å². The van der Waals surface area contributed by atoms with Crippen LogP contribution in [0.4, 0.5) is 0 Å². The van der Waals surface area contributed by atoms with Gasteiger partial charge in [0.2, 0.25) is 5.91 Å². The van der Waals surface area contributed by atoms with Crippen molar-refractivity contribution in [1.82, 2.24) is 5.32 Å². The first kappa shape index (κ1) is 21.4. The quantitative estimate of drug-likeness (QED) is 0.437. The van der Waals surface area contributed by atoms with E-state index in [9.17, 15) is 19.9 Å². The van der Waals surface area contributed by atoms with Crippen molar-refractivity contribution in [2.45, 2.75) is 78.8 Å². The highest BCUT2D eigenvalue weighted by Crippen LogP contribution is 2.21. The van der Waals surface area contributed by atoms with E-state index in [0.717, 1.165) is 19.3 Å². The zero-order valence-electron chi connectivity index (χ0n) is 14.7. The van der Waals surface area contributed by atoms with Gasteiger partial charge in [0.25, 0.3) is 0 Å². The predicted molar refractivity (Wildman–Crippen MR) is 90.1 cm³/mol. The van der Waals surface area contributed by atoms with Crippen LogP contribution in [-0.4, -0.2) is 40.2 Å². The number of hydrogen-bond acceptors (Lipinski definition) is 4. The molecule has 6 heteroatoms. The molecule has 0 spiro atoms. The van der Waals surface area contributed by atoms with Crippen LogP contribution in [0.15, 0.2) is 0 Å². The molecule has 0 aromatic rings. The number of nitrogens with one attached hydrogen (secondary N) is 1. The van der Waals surface area contributed by atoms with E-state index in [1.807, 2.05) is 20.8 Å². The molecule has 1 amide bonds. The van der Waals surface area contributed by atoms with E-state index in [4.69, 9.17) is 0 Å². The van der Waals surface area contributed by atoms with Crippen molar-refractivity contribution in [1.29, 1.82) is 0 Å². The maximum atomic E-state index is 12.2. The van der Waals surface area contributed by atoms with E-state index >= 15 is 0 Å². The van der Waals surface area contributed by atoms with E-state index in [1.165, 1.54) is 0 Å². The van der Waals surface area contributed by atoms with Crippen LogP contribution >= 0.6 is 0 Å². The first-order chi connectivity index (χ1) is 10.2. The lowest BCUT2D eigenvalue weighted by molar-refractivity contribution is -0.125. The normalized spacial score (nSPS) is 17.0. The Bertz CT molecular complexity index is 311. The van der Waals surface area contributed by atoms with Gasteiger partial charge in [-0.2, -0.15) is 0 Å². The fourth-order valence-corrected chi connectivity index (χ4v) is 2.68. The van der Waals surface area contributed by atoms with Crippen molar-refractivity contribution in [3.63, 3.8) is 0 Å². The second-order valence-corrected chi connectivity index (χ2v) is 6.93. The number of carbonyl (C=O) groups excluding carboxylic acids is 1. The van der Waals surface area contributed by atoms with Crippen molar-refractivity contribution < 1.29 is 19.9 Å². The smallest absolute Gasteiger partial charge is 0.426 e. The second kappa shape index (κ2) is 11.0. The van der Waals surface area contributed by atoms with Gasteiger partial charge in [0.05, 0.1) is 12.0 Å². The van der Waals surface area contributed by atoms with Gasteiger partial charge in [-0.05, 0) is 44.4 Å². The summed E-state index contributed by atoms with van der Waals surface area (Å²) < 4.78 is 0. The highest BCUT2D eigenvalue weighted by atomic mass is 16.4. The molecule has 0 bridgehead atoms. The average molecular weight is 315 g/mol. The SMILES string of the molecule is CCC[C@H](CC[C@H](C)C(=O)N[C@@H](CC(C)C)B(O)O)C(C)O. The molecule has 0 heterocycles. The summed E-state index contributed by atoms with van der Waals surface area (Å²) in [6, 6.07) is 0. The monoisotopic (exact) mass is 315 g/mol. The summed E-state index contributed by atoms with van der Waals surface area (Å²) in [5.74, 6) is -0.494. The zero-order valence-corrected chi connectivity index (χ0v) is 14.7. The molecule has 0 aromatic carbocycles. The van der Waals surface area contributed by atoms with Crippen molar-refractivity contribution >= 4 is 13.0 Å². The Hall–Kier alpha value is -0.585. The van der Waals surface area contributed by atoms with Crippen molar-refractivity contribution in [3.05, 3.63) is 0 Å². The van der Waals surface area contributed by atoms with Gasteiger partial charge < -0.3 is 20.5 Å². The van der Waals surface area contributed by atoms with Gasteiger partial charge in [0.1, 0.15) is 0 Å². The summed E-state index contributed by atoms with van der Waals surface area (Å²) in [6.07, 6.45) is 3.64. The van der Waals surface area contributed by atoms with Crippen molar-refractivity contribution in [2.75, 3.05) is 0 Å². The number of hydrogen-bond donors (Lipinski definition) is 4. The van der Waals surface area contributed by atoms with Gasteiger partial charge in [0, 0.05) is 5.92 Å². The van der Waals surface area contributed by atoms with Crippen LogP contribution in [0, 0.1) is 17.8 Å². The number of amides is 1. The third-order valence-corrected chi connectivity index (χ3v) is 4.17. The summed E-state index contributed by atoms with van der Waals surface area (Å²) >= 11 is 0. The summed E-state index contributed by atoms with van der Waals surface area (Å²) in [6.45, 7) is 9.68. The average Bonchev–Trinajstić information content (AvgIpc) is 2.41. The Morgan fingerprint density at radius 1 is 1.09 bits per heavy atom. The Balaban J connectivity index is 4.39. The highest BCUT2D eigenvalue weighted by Gasteiger charge is 2.28. The molecule has 0 radical (unpaired) electrons. The molecular weight excluding hydrogens is 281 g/mol. The molecular formula is C16H34BNO4. The third kappa shape index (κ3) is 8.76. The minimum absolute atomic E-state index is 0.153. The summed E-state index contributed by atoms with van der Waals surface area (Å²) in [4.78, 5) is 12.2. The second-order valence-electron chi connectivity index (χ2n) is 6.93. The first-order valence-electron chi connectivity index (χ1n) is 8.53. The van der Waals surface area contributed by atoms with Crippen LogP contribution in [0.25, 0.3) is 0 Å². The summed E-state index contributed by atoms with van der Waals surface area (Å²) in [5, 5.41) is 31.2. The zero-order chi connectivity index (χ0) is 17.3. The van der Waals surface area contributed by atoms with E-state index in [-0.39, 0.29) is 29.8 Å². The van der Waals surface area contributed by atoms with Crippen LogP contribution in [-0.2, 0) is 4.79 Å². The molecule has 0 fully saturated rings. The molecule has 0 rings (SSSR count). The molecule has 5 nitrogen and oxygen atoms in total. The molecule has 0 aliphatic carbocycles. The Morgan fingerprint density at radius 3 is 2.09 bits per heavy atom. The number of rotatable bonds is 11. The van der Waals surface area contributed by atoms with Crippen LogP contribution in [0.3, 0.4) is 0 Å². The van der Waals surface area contributed by atoms with Gasteiger partial charge in [-0.3, -0.25) is 4.79 Å². The van der Waals surface area contributed by atoms with Gasteiger partial charge in [-0.25, -0.2) is 0 Å². The molecule has 0 aliphatic heterocycles. The third-order valence-electron chi connectivity index (χ3n) is 4.17. The Morgan fingerprint density at radius 2 is 1.68 bits per heavy atom. The van der Waals surface area contributed by atoms with Crippen molar-refractivity contribution in [2.24, 2.45) is 17.8 Å². The lowest BCUT2D eigenvalue weighted by atomic mass is 9.74. The molecule has 0 aromatic heterocycles. The minimum Gasteiger partial charge on any atom is -0.426 e. The van der Waals surface area contributed by atoms with Crippen LogP contribution in [0.1, 0.15) is 66.7 Å². The maximum Gasteiger partial charge on any atom is 0.475 e. The van der Waals surface area contributed by atoms with Crippen molar-refractivity contribution in [3.8, 4) is 0 Å². The number of aliphatic hydroxyl groups excluding tert-OH is 1. The van der Waals surface area contributed by atoms with Gasteiger partial charge >= 0.3 is 7.12 Å². The first-order valence-corrected chi connectivity index (χ1v) is 8.53. The van der Waals surface area contributed by atoms with E-state index in [1.54, 1.807) is 6.92 Å². The largest absolute Gasteiger partial charge is 0.475 e. The van der Waals surface area contributed by atoms with E-state index in [2.05, 4.69) is 12.2 Å². The van der Waals surface area contributed by atoms with Crippen LogP contribution < -0.4 is 5.32 Å². The molecule has 0 saturated heterocycles. The molecule has 22 heavy (non-hydrogen) atoms. The summed E-state index contributed by atoms with van der Waals surface area (Å²) in [5.41, 5.74) is 0. The number of aliphatic hydroxyl groups is 1. The Labute approximate surface area is 135 Å². The predicted octanol–water partition coefficient (Wildman–Crippen LogP) is 1.74. The molecule has 4 N–H and O–H groups in total. The van der Waals surface area contributed by atoms with Gasteiger partial charge in [-0.15, -0.1) is 0 Å². The van der Waals surface area contributed by atoms with E-state index in [0.29, 0.717) is 12.8 Å². The summed E-state index contributed by atoms with van der Waals surface area (Å²) in [7, 11) is -1.54. The van der Waals surface area contributed by atoms with Gasteiger partial charge in [0.15, 0.2) is 0 Å². The standard InChI is InChI=1S/C16H34BNO4/c1-6-7-14(13(5)19)9-8-12(4)16(20)18-15(17(21)22)10-11(2)3/h11-15,19,21-22H,6-10H2,1-5H3,(H,18,20)/t12-,13?,14+,15-/m0/s1. The lowest BCUT2D eigenvalue weighted by Gasteiger charge is -2.24. The molecule has 1 unspecified atom stereocenters. The molecule has 4 atom stereocenters. The fourth-order valence-electron chi connectivity index (χ4n) is 2.68. The molecule has 0 aliphatic rings. The fraction of sp³-hybridized carbons (Fsp3) is 0.938. The minimum atomic E-state index is -1.54. The highest BCUT2D eigenvalue weighted by molar-refractivity contribution is 6.43. The van der Waals surface area contributed by atoms with Crippen LogP contribution in [0.2, 0.25) is 0 Å². The van der Waals surface area contributed by atoms with Crippen LogP contribution in [0.5, 0.6) is 0 Å². The number of carbonyl (C=O) groups is 1. The molecule has 0 saturated carbocycles. The Kier molecular flexibility index (Phi) is 10.7. The maximum absolute atomic E-state index is 12.2. The lowest BCUT2D eigenvalue weighted by Crippen LogP contribution is -2.48. The van der Waals surface area contributed by atoms with E-state index < -0.39 is 13.1 Å². The van der Waals surface area contributed by atoms with Gasteiger partial charge in [-0.1, -0.05) is 34.1 Å². The molecule has 130 valence electrons.